The van der Waals surface area contributed by atoms with E-state index in [0.717, 1.165) is 45.2 Å². The van der Waals surface area contributed by atoms with Crippen LogP contribution in [0.5, 0.6) is 0 Å². The number of nitrogens with zero attached hydrogens (tertiary/aromatic N) is 2. The van der Waals surface area contributed by atoms with E-state index >= 15 is 0 Å². The van der Waals surface area contributed by atoms with E-state index < -0.39 is 0 Å². The zero-order chi connectivity index (χ0) is 13.5. The lowest BCUT2D eigenvalue weighted by molar-refractivity contribution is -0.133. The van der Waals surface area contributed by atoms with Crippen LogP contribution in [-0.4, -0.2) is 61.5 Å². The summed E-state index contributed by atoms with van der Waals surface area (Å²) >= 11 is 0. The fourth-order valence-corrected chi connectivity index (χ4v) is 3.13. The van der Waals surface area contributed by atoms with E-state index in [9.17, 15) is 4.79 Å². The van der Waals surface area contributed by atoms with Crippen molar-refractivity contribution < 1.29 is 4.79 Å². The molecule has 0 aliphatic carbocycles. The predicted molar refractivity (Wildman–Crippen MR) is 85.4 cm³/mol. The van der Waals surface area contributed by atoms with Crippen molar-refractivity contribution in [1.82, 2.24) is 15.1 Å². The molecule has 2 aliphatic heterocycles. The summed E-state index contributed by atoms with van der Waals surface area (Å²) in [5.74, 6) is 1.16. The van der Waals surface area contributed by atoms with E-state index in [1.807, 2.05) is 0 Å². The molecular weight excluding hydrogens is 274 g/mol. The van der Waals surface area contributed by atoms with Gasteiger partial charge in [0.05, 0.1) is 6.54 Å². The van der Waals surface area contributed by atoms with Crippen molar-refractivity contribution in [2.45, 2.75) is 39.0 Å². The van der Waals surface area contributed by atoms with Gasteiger partial charge in [-0.2, -0.15) is 0 Å². The van der Waals surface area contributed by atoms with Crippen molar-refractivity contribution in [1.29, 1.82) is 0 Å². The first-order valence-electron chi connectivity index (χ1n) is 8.00. The summed E-state index contributed by atoms with van der Waals surface area (Å²) in [6.07, 6.45) is 6.15. The van der Waals surface area contributed by atoms with E-state index in [4.69, 9.17) is 0 Å². The minimum Gasteiger partial charge on any atom is -0.342 e. The molecule has 2 rings (SSSR count). The summed E-state index contributed by atoms with van der Waals surface area (Å²) < 4.78 is 0. The molecule has 0 aromatic carbocycles. The molecule has 0 bridgehead atoms. The van der Waals surface area contributed by atoms with Gasteiger partial charge >= 0.3 is 0 Å². The van der Waals surface area contributed by atoms with Crippen LogP contribution in [0.1, 0.15) is 39.0 Å². The number of likely N-dealkylation sites (tertiary alicyclic amines) is 2. The molecule has 2 saturated heterocycles. The van der Waals surface area contributed by atoms with E-state index in [0.29, 0.717) is 12.5 Å². The van der Waals surface area contributed by atoms with Gasteiger partial charge in [-0.25, -0.2) is 0 Å². The second-order valence-corrected chi connectivity index (χ2v) is 5.97. The van der Waals surface area contributed by atoms with E-state index in [1.54, 1.807) is 0 Å². The monoisotopic (exact) mass is 303 g/mol. The number of rotatable bonds is 5. The molecule has 0 aromatic rings. The highest BCUT2D eigenvalue weighted by Gasteiger charge is 2.23. The third-order valence-corrected chi connectivity index (χ3v) is 4.46. The molecule has 0 saturated carbocycles. The molecule has 0 radical (unpaired) electrons. The zero-order valence-electron chi connectivity index (χ0n) is 12.8. The van der Waals surface area contributed by atoms with Crippen molar-refractivity contribution >= 4 is 18.3 Å². The lowest BCUT2D eigenvalue weighted by Gasteiger charge is -2.34. The quantitative estimate of drug-likeness (QED) is 0.840. The summed E-state index contributed by atoms with van der Waals surface area (Å²) in [4.78, 5) is 16.6. The van der Waals surface area contributed by atoms with Crippen molar-refractivity contribution in [3.63, 3.8) is 0 Å². The van der Waals surface area contributed by atoms with Gasteiger partial charge in [0.25, 0.3) is 0 Å². The van der Waals surface area contributed by atoms with E-state index in [-0.39, 0.29) is 12.4 Å². The highest BCUT2D eigenvalue weighted by Crippen LogP contribution is 2.17. The molecule has 118 valence electrons. The fraction of sp³-hybridized carbons (Fsp3) is 0.933. The number of hydrogen-bond donors (Lipinski definition) is 1. The summed E-state index contributed by atoms with van der Waals surface area (Å²) in [5, 5.41) is 3.43. The molecule has 20 heavy (non-hydrogen) atoms. The van der Waals surface area contributed by atoms with Gasteiger partial charge in [-0.1, -0.05) is 6.92 Å². The Balaban J connectivity index is 0.00000200. The van der Waals surface area contributed by atoms with Gasteiger partial charge < -0.3 is 10.2 Å². The lowest BCUT2D eigenvalue weighted by atomic mass is 9.97. The Morgan fingerprint density at radius 2 is 1.75 bits per heavy atom. The summed E-state index contributed by atoms with van der Waals surface area (Å²) in [7, 11) is 0. The van der Waals surface area contributed by atoms with Crippen LogP contribution in [-0.2, 0) is 4.79 Å². The average Bonchev–Trinajstić information content (AvgIpc) is 2.47. The van der Waals surface area contributed by atoms with E-state index in [2.05, 4.69) is 22.0 Å². The fourth-order valence-electron chi connectivity index (χ4n) is 3.13. The van der Waals surface area contributed by atoms with Crippen molar-refractivity contribution in [2.24, 2.45) is 5.92 Å². The Hall–Kier alpha value is -0.320. The highest BCUT2D eigenvalue weighted by atomic mass is 35.5. The van der Waals surface area contributed by atoms with Gasteiger partial charge in [-0.05, 0) is 64.2 Å². The van der Waals surface area contributed by atoms with E-state index in [1.165, 1.54) is 32.1 Å². The third kappa shape index (κ3) is 5.58. The minimum absolute atomic E-state index is 0. The number of amides is 1. The van der Waals surface area contributed by atoms with Crippen LogP contribution in [0.4, 0.5) is 0 Å². The number of piperidine rings is 2. The highest BCUT2D eigenvalue weighted by molar-refractivity contribution is 5.85. The number of nitrogens with one attached hydrogen (secondary N) is 1. The number of carbonyl (C=O) groups excluding carboxylic acids is 1. The Morgan fingerprint density at radius 1 is 1.10 bits per heavy atom. The first kappa shape index (κ1) is 17.7. The van der Waals surface area contributed by atoms with Gasteiger partial charge in [0, 0.05) is 13.1 Å². The van der Waals surface area contributed by atoms with Crippen LogP contribution >= 0.6 is 12.4 Å². The molecule has 1 amide bonds. The van der Waals surface area contributed by atoms with Crippen molar-refractivity contribution in [3.8, 4) is 0 Å². The molecule has 0 atom stereocenters. The molecule has 2 aliphatic rings. The van der Waals surface area contributed by atoms with Crippen LogP contribution in [0.3, 0.4) is 0 Å². The maximum atomic E-state index is 12.2. The van der Waals surface area contributed by atoms with Crippen LogP contribution in [0.2, 0.25) is 0 Å². The molecule has 2 fully saturated rings. The van der Waals surface area contributed by atoms with Crippen LogP contribution < -0.4 is 5.32 Å². The maximum absolute atomic E-state index is 12.2. The second kappa shape index (κ2) is 9.59. The lowest BCUT2D eigenvalue weighted by Crippen LogP contribution is -2.45. The molecule has 0 unspecified atom stereocenters. The number of hydrogen-bond acceptors (Lipinski definition) is 3. The molecule has 1 N–H and O–H groups in total. The molecule has 2 heterocycles. The standard InChI is InChI=1S/C15H29N3O.ClH/c1-2-16-12-14-6-10-17(11-7-14)13-15(19)18-8-4-3-5-9-18;/h14,16H,2-13H2,1H3;1H. The van der Waals surface area contributed by atoms with Crippen molar-refractivity contribution in [2.75, 3.05) is 45.8 Å². The molecule has 5 heteroatoms. The Bertz CT molecular complexity index is 274. The summed E-state index contributed by atoms with van der Waals surface area (Å²) in [6.45, 7) is 9.16. The topological polar surface area (TPSA) is 35.6 Å². The van der Waals surface area contributed by atoms with Gasteiger partial charge in [-0.3, -0.25) is 9.69 Å². The van der Waals surface area contributed by atoms with Gasteiger partial charge in [0.15, 0.2) is 0 Å². The third-order valence-electron chi connectivity index (χ3n) is 4.46. The Kier molecular flexibility index (Phi) is 8.50. The minimum atomic E-state index is 0. The van der Waals surface area contributed by atoms with Crippen LogP contribution in [0.25, 0.3) is 0 Å². The van der Waals surface area contributed by atoms with Crippen LogP contribution in [0.15, 0.2) is 0 Å². The summed E-state index contributed by atoms with van der Waals surface area (Å²) in [6, 6.07) is 0. The first-order chi connectivity index (χ1) is 9.29. The van der Waals surface area contributed by atoms with Gasteiger partial charge in [-0.15, -0.1) is 12.4 Å². The molecular formula is C15H30ClN3O. The Labute approximate surface area is 129 Å². The Morgan fingerprint density at radius 3 is 2.35 bits per heavy atom. The zero-order valence-corrected chi connectivity index (χ0v) is 13.6. The largest absolute Gasteiger partial charge is 0.342 e. The van der Waals surface area contributed by atoms with Gasteiger partial charge in [0.1, 0.15) is 0 Å². The first-order valence-corrected chi connectivity index (χ1v) is 8.00. The summed E-state index contributed by atoms with van der Waals surface area (Å²) in [5.41, 5.74) is 0. The average molecular weight is 304 g/mol. The molecule has 4 nitrogen and oxygen atoms in total. The second-order valence-electron chi connectivity index (χ2n) is 5.97. The maximum Gasteiger partial charge on any atom is 0.236 e. The van der Waals surface area contributed by atoms with Gasteiger partial charge in [0.2, 0.25) is 5.91 Å². The smallest absolute Gasteiger partial charge is 0.236 e. The SMILES string of the molecule is CCNCC1CCN(CC(=O)N2CCCCC2)CC1.Cl. The molecule has 0 spiro atoms. The normalized spacial score (nSPS) is 21.6. The van der Waals surface area contributed by atoms with Crippen LogP contribution in [0, 0.1) is 5.92 Å². The predicted octanol–water partition coefficient (Wildman–Crippen LogP) is 1.74. The number of carbonyl (C=O) groups is 1. The molecule has 0 aromatic heterocycles. The van der Waals surface area contributed by atoms with Crippen molar-refractivity contribution in [3.05, 3.63) is 0 Å². The number of halogens is 1.